The highest BCUT2D eigenvalue weighted by molar-refractivity contribution is 8.87. The highest BCUT2D eigenvalue weighted by atomic mass is 33.1. The van der Waals surface area contributed by atoms with Crippen LogP contribution in [0.4, 0.5) is 0 Å². The molecule has 0 amide bonds. The third-order valence-corrected chi connectivity index (χ3v) is 11.5. The molecule has 0 bridgehead atoms. The molecule has 0 aromatic carbocycles. The van der Waals surface area contributed by atoms with Gasteiger partial charge in [-0.3, -0.25) is 29.0 Å². The van der Waals surface area contributed by atoms with Crippen molar-refractivity contribution in [3.05, 3.63) is 48.3 Å². The van der Waals surface area contributed by atoms with Crippen LogP contribution in [-0.2, 0) is 19.2 Å². The van der Waals surface area contributed by atoms with Crippen LogP contribution >= 0.6 is 45.1 Å². The summed E-state index contributed by atoms with van der Waals surface area (Å²) < 4.78 is 11.0. The first-order valence-electron chi connectivity index (χ1n) is 11.9. The van der Waals surface area contributed by atoms with Gasteiger partial charge in [0.1, 0.15) is 34.4 Å². The van der Waals surface area contributed by atoms with Gasteiger partial charge in [-0.2, -0.15) is 0 Å². The smallest absolute Gasteiger partial charge is 0.321 e. The van der Waals surface area contributed by atoms with Crippen molar-refractivity contribution < 1.29 is 38.2 Å². The quantitative estimate of drug-likeness (QED) is 0.375. The number of aliphatic carboxylic acids is 2. The molecule has 2 aliphatic rings. The first kappa shape index (κ1) is 29.2. The number of hydrogen-bond acceptors (Lipinski definition) is 12. The maximum absolute atomic E-state index is 12.9. The van der Waals surface area contributed by atoms with Crippen molar-refractivity contribution in [2.24, 2.45) is 11.8 Å². The van der Waals surface area contributed by atoms with Gasteiger partial charge < -0.3 is 19.0 Å². The molecular formula is C24H28N2O8S4. The summed E-state index contributed by atoms with van der Waals surface area (Å²) in [5.41, 5.74) is 0. The zero-order chi connectivity index (χ0) is 27.4. The van der Waals surface area contributed by atoms with Crippen molar-refractivity contribution in [1.29, 1.82) is 0 Å². The van der Waals surface area contributed by atoms with Crippen LogP contribution in [0.5, 0.6) is 0 Å². The monoisotopic (exact) mass is 600 g/mol. The maximum Gasteiger partial charge on any atom is 0.321 e. The summed E-state index contributed by atoms with van der Waals surface area (Å²) in [5.74, 6) is -0.926. The first-order chi connectivity index (χ1) is 18.2. The minimum Gasteiger partial charge on any atom is -0.480 e. The minimum atomic E-state index is -0.954. The lowest BCUT2D eigenvalue weighted by atomic mass is 10.1. The molecular weight excluding hydrogens is 573 g/mol. The Morgan fingerprint density at radius 2 is 1.24 bits per heavy atom. The molecule has 10 nitrogen and oxygen atoms in total. The number of carbonyl (C=O) groups is 4. The molecule has 6 atom stereocenters. The van der Waals surface area contributed by atoms with E-state index in [4.69, 9.17) is 8.83 Å². The molecule has 2 saturated heterocycles. The molecule has 0 radical (unpaired) electrons. The van der Waals surface area contributed by atoms with Gasteiger partial charge in [-0.25, -0.2) is 0 Å². The highest BCUT2D eigenvalue weighted by Crippen LogP contribution is 2.44. The zero-order valence-electron chi connectivity index (χ0n) is 20.6. The lowest BCUT2D eigenvalue weighted by molar-refractivity contribution is -0.143. The molecule has 206 valence electrons. The molecule has 4 rings (SSSR count). The molecule has 38 heavy (non-hydrogen) atoms. The van der Waals surface area contributed by atoms with Crippen LogP contribution in [0, 0.1) is 11.8 Å². The Labute approximate surface area is 236 Å². The van der Waals surface area contributed by atoms with E-state index in [1.807, 2.05) is 0 Å². The summed E-state index contributed by atoms with van der Waals surface area (Å²) in [5, 5.41) is 18.3. The van der Waals surface area contributed by atoms with E-state index in [1.54, 1.807) is 47.9 Å². The molecule has 0 saturated carbocycles. The average Bonchev–Trinajstić information content (AvgIpc) is 3.68. The number of thioether (sulfide) groups is 2. The lowest BCUT2D eigenvalue weighted by Gasteiger charge is -2.28. The van der Waals surface area contributed by atoms with E-state index < -0.39 is 35.9 Å². The van der Waals surface area contributed by atoms with E-state index in [2.05, 4.69) is 0 Å². The highest BCUT2D eigenvalue weighted by Gasteiger charge is 2.43. The van der Waals surface area contributed by atoms with Crippen molar-refractivity contribution >= 4 is 67.3 Å². The van der Waals surface area contributed by atoms with Crippen molar-refractivity contribution in [2.45, 2.75) is 36.7 Å². The molecule has 2 aliphatic heterocycles. The SMILES string of the molecule is C[C@@H](CN1C(C(=O)O)CSC1c1ccco1)C(=O)SSC(=O)[C@@H](C)CN1C(C(=O)O)CSC1c1ccco1. The third-order valence-electron chi connectivity index (χ3n) is 6.35. The van der Waals surface area contributed by atoms with Crippen molar-refractivity contribution in [1.82, 2.24) is 9.80 Å². The van der Waals surface area contributed by atoms with Gasteiger partial charge in [-0.1, -0.05) is 13.8 Å². The van der Waals surface area contributed by atoms with Gasteiger partial charge in [0.15, 0.2) is 0 Å². The second kappa shape index (κ2) is 13.0. The maximum atomic E-state index is 12.9. The molecule has 0 spiro atoms. The summed E-state index contributed by atoms with van der Waals surface area (Å²) >= 11 is 2.91. The van der Waals surface area contributed by atoms with Crippen molar-refractivity contribution in [3.8, 4) is 0 Å². The predicted octanol–water partition coefficient (Wildman–Crippen LogP) is 4.28. The standard InChI is InChI=1S/C24H28N2O8S4/c1-13(9-25-15(21(27)28)11-35-19(25)17-5-3-7-33-17)23(31)37-38-24(32)14(2)10-26-16(22(29)30)12-36-20(26)18-6-4-8-34-18/h3-8,13-16,19-20H,9-12H2,1-2H3,(H,27,28)(H,29,30)/t13-,14-,15?,16?,19?,20?/m0/s1. The lowest BCUT2D eigenvalue weighted by Crippen LogP contribution is -2.42. The Bertz CT molecular complexity index is 1040. The second-order valence-electron chi connectivity index (χ2n) is 9.11. The van der Waals surface area contributed by atoms with Crippen molar-refractivity contribution in [3.63, 3.8) is 0 Å². The Hall–Kier alpha value is -1.84. The van der Waals surface area contributed by atoms with Gasteiger partial charge >= 0.3 is 11.9 Å². The molecule has 4 heterocycles. The fraction of sp³-hybridized carbons (Fsp3) is 0.500. The minimum absolute atomic E-state index is 0.210. The van der Waals surface area contributed by atoms with Crippen LogP contribution in [0.1, 0.15) is 36.1 Å². The van der Waals surface area contributed by atoms with Crippen LogP contribution in [-0.4, -0.2) is 78.9 Å². The summed E-state index contributed by atoms with van der Waals surface area (Å²) in [4.78, 5) is 52.9. The summed E-state index contributed by atoms with van der Waals surface area (Å²) in [6.45, 7) is 3.86. The normalized spacial score (nSPS) is 25.8. The van der Waals surface area contributed by atoms with E-state index in [-0.39, 0.29) is 34.1 Å². The summed E-state index contributed by atoms with van der Waals surface area (Å²) in [6, 6.07) is 5.57. The van der Waals surface area contributed by atoms with Gasteiger partial charge in [-0.15, -0.1) is 23.5 Å². The summed E-state index contributed by atoms with van der Waals surface area (Å²) in [6.07, 6.45) is 3.07. The second-order valence-corrected chi connectivity index (χ2v) is 13.5. The molecule has 14 heteroatoms. The molecule has 2 aromatic rings. The topological polar surface area (TPSA) is 142 Å². The van der Waals surface area contributed by atoms with Crippen LogP contribution in [0.2, 0.25) is 0 Å². The van der Waals surface area contributed by atoms with Crippen molar-refractivity contribution in [2.75, 3.05) is 24.6 Å². The number of nitrogens with zero attached hydrogens (tertiary/aromatic N) is 2. The predicted molar refractivity (Wildman–Crippen MR) is 148 cm³/mol. The van der Waals surface area contributed by atoms with E-state index in [0.29, 0.717) is 23.0 Å². The fourth-order valence-electron chi connectivity index (χ4n) is 4.33. The van der Waals surface area contributed by atoms with Gasteiger partial charge in [-0.05, 0) is 45.9 Å². The van der Waals surface area contributed by atoms with Gasteiger partial charge in [0.25, 0.3) is 0 Å². The zero-order valence-corrected chi connectivity index (χ0v) is 23.9. The Morgan fingerprint density at radius 1 is 0.842 bits per heavy atom. The molecule has 0 aliphatic carbocycles. The Balaban J connectivity index is 1.32. The number of furan rings is 2. The van der Waals surface area contributed by atoms with E-state index in [1.165, 1.54) is 36.1 Å². The first-order valence-corrected chi connectivity index (χ1v) is 16.1. The molecule has 2 fully saturated rings. The Kier molecular flexibility index (Phi) is 9.98. The van der Waals surface area contributed by atoms with Crippen LogP contribution in [0.3, 0.4) is 0 Å². The number of carboxylic acid groups (broad SMARTS) is 2. The Morgan fingerprint density at radius 3 is 1.55 bits per heavy atom. The number of hydrogen-bond donors (Lipinski definition) is 2. The fourth-order valence-corrected chi connectivity index (χ4v) is 9.29. The van der Waals surface area contributed by atoms with E-state index in [0.717, 1.165) is 21.6 Å². The van der Waals surface area contributed by atoms with Gasteiger partial charge in [0.05, 0.1) is 12.5 Å². The van der Waals surface area contributed by atoms with E-state index in [9.17, 15) is 29.4 Å². The molecule has 2 N–H and O–H groups in total. The van der Waals surface area contributed by atoms with Crippen LogP contribution in [0.25, 0.3) is 0 Å². The molecule has 2 aromatic heterocycles. The third kappa shape index (κ3) is 6.65. The van der Waals surface area contributed by atoms with E-state index >= 15 is 0 Å². The van der Waals surface area contributed by atoms with Crippen LogP contribution in [0.15, 0.2) is 45.6 Å². The number of carboxylic acids is 2. The number of carbonyl (C=O) groups excluding carboxylic acids is 2. The van der Waals surface area contributed by atoms with Gasteiger partial charge in [0.2, 0.25) is 10.2 Å². The van der Waals surface area contributed by atoms with Gasteiger partial charge in [0, 0.05) is 36.4 Å². The van der Waals surface area contributed by atoms with Crippen LogP contribution < -0.4 is 0 Å². The largest absolute Gasteiger partial charge is 0.480 e. The molecule has 4 unspecified atom stereocenters. The number of rotatable bonds is 10. The average molecular weight is 601 g/mol. The summed E-state index contributed by atoms with van der Waals surface area (Å²) in [7, 11) is 1.68.